The zero-order valence-corrected chi connectivity index (χ0v) is 13.6. The van der Waals surface area contributed by atoms with Crippen molar-refractivity contribution >= 4 is 0 Å². The molecule has 1 fully saturated rings. The lowest BCUT2D eigenvalue weighted by Crippen LogP contribution is -2.53. The van der Waals surface area contributed by atoms with E-state index in [1.807, 2.05) is 6.92 Å². The van der Waals surface area contributed by atoms with Gasteiger partial charge in [-0.3, -0.25) is 4.90 Å². The molecule has 3 rings (SSSR count). The van der Waals surface area contributed by atoms with E-state index in [0.29, 0.717) is 30.0 Å². The molecule has 1 N–H and O–H groups in total. The second-order valence-electron chi connectivity index (χ2n) is 6.27. The minimum atomic E-state index is -0.637. The molecule has 2 atom stereocenters. The number of nitrogens with one attached hydrogen (secondary N) is 1. The molecule has 1 saturated heterocycles. The van der Waals surface area contributed by atoms with E-state index in [2.05, 4.69) is 29.0 Å². The van der Waals surface area contributed by atoms with Gasteiger partial charge in [0.2, 0.25) is 5.89 Å². The molecule has 0 saturated carbocycles. The fourth-order valence-corrected chi connectivity index (χ4v) is 2.89. The van der Waals surface area contributed by atoms with Gasteiger partial charge in [0, 0.05) is 43.3 Å². The number of hydrogen-bond donors (Lipinski definition) is 1. The highest BCUT2D eigenvalue weighted by atomic mass is 19.1. The van der Waals surface area contributed by atoms with E-state index in [4.69, 9.17) is 4.42 Å². The van der Waals surface area contributed by atoms with Crippen LogP contribution in [-0.4, -0.2) is 35.1 Å². The summed E-state index contributed by atoms with van der Waals surface area (Å²) in [7, 11) is 0. The quantitative estimate of drug-likeness (QED) is 0.943. The van der Waals surface area contributed by atoms with E-state index in [9.17, 15) is 8.78 Å². The van der Waals surface area contributed by atoms with Crippen LogP contribution in [0.1, 0.15) is 25.3 Å². The average Bonchev–Trinajstić information content (AvgIpc) is 2.83. The maximum absolute atomic E-state index is 13.4. The van der Waals surface area contributed by atoms with Gasteiger partial charge in [-0.2, -0.15) is 0 Å². The van der Waals surface area contributed by atoms with Crippen LogP contribution in [0.15, 0.2) is 22.6 Å². The molecule has 0 unspecified atom stereocenters. The summed E-state index contributed by atoms with van der Waals surface area (Å²) in [5.74, 6) is -0.335. The van der Waals surface area contributed by atoms with Crippen LogP contribution in [0.5, 0.6) is 0 Å². The number of halogens is 2. The van der Waals surface area contributed by atoms with Crippen LogP contribution in [0.4, 0.5) is 8.78 Å². The summed E-state index contributed by atoms with van der Waals surface area (Å²) in [6.07, 6.45) is 0. The highest BCUT2D eigenvalue weighted by Crippen LogP contribution is 2.25. The van der Waals surface area contributed by atoms with Gasteiger partial charge in [-0.1, -0.05) is 0 Å². The number of piperazine rings is 1. The third-order valence-corrected chi connectivity index (χ3v) is 4.25. The fourth-order valence-electron chi connectivity index (χ4n) is 2.89. The highest BCUT2D eigenvalue weighted by molar-refractivity contribution is 5.53. The lowest BCUT2D eigenvalue weighted by atomic mass is 10.1. The maximum Gasteiger partial charge on any atom is 0.226 e. The number of nitrogens with zero attached hydrogens (tertiary/aromatic N) is 2. The lowest BCUT2D eigenvalue weighted by Gasteiger charge is -2.37. The molecular weight excluding hydrogens is 300 g/mol. The zero-order chi connectivity index (χ0) is 16.6. The molecule has 1 aromatic heterocycles. The van der Waals surface area contributed by atoms with Gasteiger partial charge in [0.15, 0.2) is 0 Å². The van der Waals surface area contributed by atoms with E-state index in [-0.39, 0.29) is 5.89 Å². The van der Waals surface area contributed by atoms with Gasteiger partial charge in [0.05, 0.1) is 5.69 Å². The van der Waals surface area contributed by atoms with Gasteiger partial charge < -0.3 is 9.73 Å². The van der Waals surface area contributed by atoms with Crippen LogP contribution in [0.2, 0.25) is 0 Å². The molecule has 4 nitrogen and oxygen atoms in total. The first-order valence-corrected chi connectivity index (χ1v) is 7.82. The summed E-state index contributed by atoms with van der Waals surface area (Å²) in [5, 5.41) is 3.44. The van der Waals surface area contributed by atoms with Gasteiger partial charge >= 0.3 is 0 Å². The Kier molecular flexibility index (Phi) is 4.46. The molecule has 1 aromatic carbocycles. The summed E-state index contributed by atoms with van der Waals surface area (Å²) in [4.78, 5) is 6.79. The molecule has 2 heterocycles. The minimum absolute atomic E-state index is 0.256. The Morgan fingerprint density at radius 1 is 1.26 bits per heavy atom. The minimum Gasteiger partial charge on any atom is -0.441 e. The Morgan fingerprint density at radius 2 is 1.96 bits per heavy atom. The second-order valence-corrected chi connectivity index (χ2v) is 6.27. The predicted octanol–water partition coefficient (Wildman–Crippen LogP) is 3.11. The Bertz CT molecular complexity index is 681. The topological polar surface area (TPSA) is 41.3 Å². The van der Waals surface area contributed by atoms with E-state index in [1.165, 1.54) is 12.1 Å². The van der Waals surface area contributed by atoms with Crippen molar-refractivity contribution in [2.24, 2.45) is 0 Å². The summed E-state index contributed by atoms with van der Waals surface area (Å²) in [6, 6.07) is 4.12. The number of benzene rings is 1. The molecule has 0 aliphatic carbocycles. The Balaban J connectivity index is 1.83. The van der Waals surface area contributed by atoms with Crippen molar-refractivity contribution in [1.29, 1.82) is 0 Å². The van der Waals surface area contributed by atoms with Crippen LogP contribution in [0.25, 0.3) is 11.5 Å². The monoisotopic (exact) mass is 321 g/mol. The van der Waals surface area contributed by atoms with E-state index in [0.717, 1.165) is 24.8 Å². The molecule has 2 aromatic rings. The van der Waals surface area contributed by atoms with Gasteiger partial charge in [-0.25, -0.2) is 13.8 Å². The first-order valence-electron chi connectivity index (χ1n) is 7.82. The van der Waals surface area contributed by atoms with Crippen LogP contribution in [0.3, 0.4) is 0 Å². The van der Waals surface area contributed by atoms with Crippen molar-refractivity contribution in [2.75, 3.05) is 13.1 Å². The van der Waals surface area contributed by atoms with E-state index in [1.54, 1.807) is 0 Å². The van der Waals surface area contributed by atoms with Crippen molar-refractivity contribution in [3.8, 4) is 11.5 Å². The average molecular weight is 321 g/mol. The Labute approximate surface area is 134 Å². The van der Waals surface area contributed by atoms with Gasteiger partial charge in [0.1, 0.15) is 17.4 Å². The molecule has 124 valence electrons. The number of rotatable bonds is 3. The normalized spacial score (nSPS) is 22.5. The zero-order valence-electron chi connectivity index (χ0n) is 13.6. The van der Waals surface area contributed by atoms with Crippen molar-refractivity contribution in [3.05, 3.63) is 41.3 Å². The van der Waals surface area contributed by atoms with Crippen molar-refractivity contribution in [1.82, 2.24) is 15.2 Å². The molecule has 0 bridgehead atoms. The van der Waals surface area contributed by atoms with E-state index >= 15 is 0 Å². The Hall–Kier alpha value is -1.79. The molecule has 0 spiro atoms. The molecule has 0 amide bonds. The van der Waals surface area contributed by atoms with Gasteiger partial charge in [-0.15, -0.1) is 0 Å². The largest absolute Gasteiger partial charge is 0.441 e. The summed E-state index contributed by atoms with van der Waals surface area (Å²) >= 11 is 0. The lowest BCUT2D eigenvalue weighted by molar-refractivity contribution is 0.137. The summed E-state index contributed by atoms with van der Waals surface area (Å²) < 4.78 is 32.4. The van der Waals surface area contributed by atoms with Crippen molar-refractivity contribution in [3.63, 3.8) is 0 Å². The molecule has 1 aliphatic rings. The van der Waals surface area contributed by atoms with Crippen LogP contribution in [0, 0.1) is 18.6 Å². The maximum atomic E-state index is 13.4. The van der Waals surface area contributed by atoms with Crippen LogP contribution >= 0.6 is 0 Å². The number of oxazole rings is 1. The van der Waals surface area contributed by atoms with Crippen LogP contribution in [-0.2, 0) is 6.54 Å². The van der Waals surface area contributed by atoms with Crippen LogP contribution < -0.4 is 5.32 Å². The third-order valence-electron chi connectivity index (χ3n) is 4.25. The smallest absolute Gasteiger partial charge is 0.226 e. The SMILES string of the molecule is Cc1oc(-c2cc(F)cc(F)c2)nc1CN1C[C@@H](C)NC[C@@H]1C. The molecule has 23 heavy (non-hydrogen) atoms. The predicted molar refractivity (Wildman–Crippen MR) is 83.9 cm³/mol. The number of aryl methyl sites for hydroxylation is 1. The standard InChI is InChI=1S/C17H21F2N3O/c1-10-8-22(11(2)7-20-10)9-16-12(3)23-17(21-16)13-4-14(18)6-15(19)5-13/h4-6,10-11,20H,7-9H2,1-3H3/t10-,11+/m1/s1. The van der Waals surface area contributed by atoms with Crippen molar-refractivity contribution in [2.45, 2.75) is 39.4 Å². The first kappa shape index (κ1) is 16.1. The molecular formula is C17H21F2N3O. The molecule has 6 heteroatoms. The molecule has 0 radical (unpaired) electrons. The van der Waals surface area contributed by atoms with Gasteiger partial charge in [0.25, 0.3) is 0 Å². The fraction of sp³-hybridized carbons (Fsp3) is 0.471. The summed E-state index contributed by atoms with van der Waals surface area (Å²) in [5.41, 5.74) is 1.13. The van der Waals surface area contributed by atoms with Gasteiger partial charge in [-0.05, 0) is 32.9 Å². The number of hydrogen-bond acceptors (Lipinski definition) is 4. The highest BCUT2D eigenvalue weighted by Gasteiger charge is 2.24. The number of aromatic nitrogens is 1. The van der Waals surface area contributed by atoms with Crippen molar-refractivity contribution < 1.29 is 13.2 Å². The third kappa shape index (κ3) is 3.59. The Morgan fingerprint density at radius 3 is 2.65 bits per heavy atom. The summed E-state index contributed by atoms with van der Waals surface area (Å²) in [6.45, 7) is 8.67. The first-order chi connectivity index (χ1) is 10.9. The van der Waals surface area contributed by atoms with E-state index < -0.39 is 11.6 Å². The molecule has 1 aliphatic heterocycles. The second kappa shape index (κ2) is 6.37.